The lowest BCUT2D eigenvalue weighted by atomic mass is 10.3. The van der Waals surface area contributed by atoms with Gasteiger partial charge in [-0.05, 0) is 32.9 Å². The van der Waals surface area contributed by atoms with E-state index < -0.39 is 0 Å². The molecule has 1 heterocycles. The van der Waals surface area contributed by atoms with Crippen molar-refractivity contribution in [3.63, 3.8) is 0 Å². The number of amides is 1. The van der Waals surface area contributed by atoms with Gasteiger partial charge in [0.05, 0.1) is 6.54 Å². The van der Waals surface area contributed by atoms with Crippen molar-refractivity contribution < 1.29 is 9.21 Å². The van der Waals surface area contributed by atoms with Gasteiger partial charge in [-0.1, -0.05) is 0 Å². The molecule has 1 aromatic heterocycles. The van der Waals surface area contributed by atoms with Gasteiger partial charge in [-0.15, -0.1) is 11.6 Å². The maximum Gasteiger partial charge on any atom is 0.238 e. The Morgan fingerprint density at radius 1 is 1.53 bits per heavy atom. The molecule has 3 nitrogen and oxygen atoms in total. The zero-order chi connectivity index (χ0) is 11.4. The van der Waals surface area contributed by atoms with Crippen molar-refractivity contribution in [2.24, 2.45) is 0 Å². The highest BCUT2D eigenvalue weighted by Crippen LogP contribution is 2.12. The molecule has 0 aliphatic rings. The van der Waals surface area contributed by atoms with Gasteiger partial charge in [-0.25, -0.2) is 0 Å². The van der Waals surface area contributed by atoms with Gasteiger partial charge in [-0.3, -0.25) is 4.79 Å². The van der Waals surface area contributed by atoms with Crippen molar-refractivity contribution in [2.75, 3.05) is 5.88 Å². The summed E-state index contributed by atoms with van der Waals surface area (Å²) in [5.41, 5.74) is 0. The quantitative estimate of drug-likeness (QED) is 0.744. The van der Waals surface area contributed by atoms with E-state index in [4.69, 9.17) is 16.0 Å². The largest absolute Gasteiger partial charge is 0.464 e. The minimum absolute atomic E-state index is 0.0118. The van der Waals surface area contributed by atoms with E-state index in [2.05, 4.69) is 0 Å². The van der Waals surface area contributed by atoms with Crippen molar-refractivity contribution >= 4 is 17.5 Å². The zero-order valence-electron chi connectivity index (χ0n) is 9.29. The van der Waals surface area contributed by atoms with Crippen molar-refractivity contribution in [3.8, 4) is 0 Å². The third-order valence-corrected chi connectivity index (χ3v) is 2.41. The fourth-order valence-electron chi connectivity index (χ4n) is 1.37. The van der Waals surface area contributed by atoms with E-state index in [-0.39, 0.29) is 17.8 Å². The lowest BCUT2D eigenvalue weighted by molar-refractivity contribution is -0.131. The molecule has 1 rings (SSSR count). The maximum atomic E-state index is 11.5. The van der Waals surface area contributed by atoms with Crippen LogP contribution in [0.4, 0.5) is 0 Å². The fraction of sp³-hybridized carbons (Fsp3) is 0.545. The summed E-state index contributed by atoms with van der Waals surface area (Å²) in [6.45, 7) is 6.28. The number of hydrogen-bond donors (Lipinski definition) is 0. The highest BCUT2D eigenvalue weighted by atomic mass is 35.5. The van der Waals surface area contributed by atoms with E-state index in [0.717, 1.165) is 11.5 Å². The molecule has 0 saturated carbocycles. The Balaban J connectivity index is 2.71. The summed E-state index contributed by atoms with van der Waals surface area (Å²) >= 11 is 5.54. The summed E-state index contributed by atoms with van der Waals surface area (Å²) in [5, 5.41) is 0. The number of hydrogen-bond acceptors (Lipinski definition) is 2. The van der Waals surface area contributed by atoms with Crippen molar-refractivity contribution in [3.05, 3.63) is 23.7 Å². The van der Waals surface area contributed by atoms with Crippen LogP contribution in [-0.2, 0) is 11.3 Å². The standard InChI is InChI=1S/C11H16ClNO2/c1-8(2)13(11(14)6-12)7-10-5-4-9(3)15-10/h4-5,8H,6-7H2,1-3H3. The molecule has 1 aromatic rings. The van der Waals surface area contributed by atoms with Gasteiger partial charge in [-0.2, -0.15) is 0 Å². The minimum Gasteiger partial charge on any atom is -0.464 e. The summed E-state index contributed by atoms with van der Waals surface area (Å²) in [4.78, 5) is 13.2. The van der Waals surface area contributed by atoms with E-state index in [1.165, 1.54) is 0 Å². The summed E-state index contributed by atoms with van der Waals surface area (Å²) in [5.74, 6) is 1.59. The lowest BCUT2D eigenvalue weighted by Gasteiger charge is -2.24. The van der Waals surface area contributed by atoms with Gasteiger partial charge in [0, 0.05) is 6.04 Å². The molecule has 84 valence electrons. The summed E-state index contributed by atoms with van der Waals surface area (Å²) in [6.07, 6.45) is 0. The van der Waals surface area contributed by atoms with Crippen molar-refractivity contribution in [2.45, 2.75) is 33.4 Å². The number of carbonyl (C=O) groups excluding carboxylic acids is 1. The van der Waals surface area contributed by atoms with Crippen LogP contribution in [0.2, 0.25) is 0 Å². The van der Waals surface area contributed by atoms with Gasteiger partial charge in [0.15, 0.2) is 0 Å². The number of furan rings is 1. The molecule has 0 fully saturated rings. The smallest absolute Gasteiger partial charge is 0.238 e. The normalized spacial score (nSPS) is 10.7. The predicted octanol–water partition coefficient (Wildman–Crippen LogP) is 2.56. The molecule has 0 aromatic carbocycles. The average molecular weight is 230 g/mol. The van der Waals surface area contributed by atoms with Crippen LogP contribution in [-0.4, -0.2) is 22.7 Å². The first-order valence-corrected chi connectivity index (χ1v) is 5.48. The van der Waals surface area contributed by atoms with Gasteiger partial charge < -0.3 is 9.32 Å². The second-order valence-corrected chi connectivity index (χ2v) is 4.03. The Hall–Kier alpha value is -0.960. The number of carbonyl (C=O) groups is 1. The lowest BCUT2D eigenvalue weighted by Crippen LogP contribution is -2.37. The van der Waals surface area contributed by atoms with E-state index in [9.17, 15) is 4.79 Å². The van der Waals surface area contributed by atoms with Crippen LogP contribution >= 0.6 is 11.6 Å². The van der Waals surface area contributed by atoms with E-state index in [1.54, 1.807) is 4.90 Å². The summed E-state index contributed by atoms with van der Waals surface area (Å²) < 4.78 is 5.42. The topological polar surface area (TPSA) is 33.5 Å². The first-order valence-electron chi connectivity index (χ1n) is 4.95. The van der Waals surface area contributed by atoms with Crippen LogP contribution in [0.15, 0.2) is 16.5 Å². The third-order valence-electron chi connectivity index (χ3n) is 2.18. The Morgan fingerprint density at radius 3 is 2.60 bits per heavy atom. The minimum atomic E-state index is -0.0688. The molecule has 0 aliphatic heterocycles. The van der Waals surface area contributed by atoms with Gasteiger partial charge >= 0.3 is 0 Å². The number of rotatable bonds is 4. The Labute approximate surface area is 95.0 Å². The molecule has 0 saturated heterocycles. The fourth-order valence-corrected chi connectivity index (χ4v) is 1.53. The van der Waals surface area contributed by atoms with Crippen LogP contribution in [0.25, 0.3) is 0 Å². The zero-order valence-corrected chi connectivity index (χ0v) is 10.0. The summed E-state index contributed by atoms with van der Waals surface area (Å²) in [6, 6.07) is 3.90. The Bertz CT molecular complexity index is 333. The SMILES string of the molecule is Cc1ccc(CN(C(=O)CCl)C(C)C)o1. The van der Waals surface area contributed by atoms with Gasteiger partial charge in [0.1, 0.15) is 17.4 Å². The number of aryl methyl sites for hydroxylation is 1. The second-order valence-electron chi connectivity index (χ2n) is 3.76. The maximum absolute atomic E-state index is 11.5. The third kappa shape index (κ3) is 3.27. The molecule has 0 N–H and O–H groups in total. The number of halogens is 1. The molecule has 0 bridgehead atoms. The predicted molar refractivity (Wildman–Crippen MR) is 59.9 cm³/mol. The van der Waals surface area contributed by atoms with Crippen molar-refractivity contribution in [1.29, 1.82) is 0 Å². The van der Waals surface area contributed by atoms with Gasteiger partial charge in [0.2, 0.25) is 5.91 Å². The first kappa shape index (κ1) is 12.1. The van der Waals surface area contributed by atoms with Crippen LogP contribution in [0, 0.1) is 6.92 Å². The average Bonchev–Trinajstić information content (AvgIpc) is 2.59. The molecule has 0 unspecified atom stereocenters. The monoisotopic (exact) mass is 229 g/mol. The molecular formula is C11H16ClNO2. The van der Waals surface area contributed by atoms with Crippen LogP contribution in [0.3, 0.4) is 0 Å². The van der Waals surface area contributed by atoms with Crippen LogP contribution in [0.5, 0.6) is 0 Å². The Kier molecular flexibility index (Phi) is 4.21. The van der Waals surface area contributed by atoms with Crippen LogP contribution in [0.1, 0.15) is 25.4 Å². The molecule has 0 aliphatic carbocycles. The number of alkyl halides is 1. The van der Waals surface area contributed by atoms with E-state index in [1.807, 2.05) is 32.9 Å². The number of nitrogens with zero attached hydrogens (tertiary/aromatic N) is 1. The van der Waals surface area contributed by atoms with Crippen molar-refractivity contribution in [1.82, 2.24) is 4.90 Å². The second kappa shape index (κ2) is 5.21. The molecular weight excluding hydrogens is 214 g/mol. The van der Waals surface area contributed by atoms with Crippen LogP contribution < -0.4 is 0 Å². The first-order chi connectivity index (χ1) is 7.04. The molecule has 0 radical (unpaired) electrons. The van der Waals surface area contributed by atoms with E-state index in [0.29, 0.717) is 6.54 Å². The highest BCUT2D eigenvalue weighted by Gasteiger charge is 2.17. The molecule has 4 heteroatoms. The molecule has 0 spiro atoms. The molecule has 0 atom stereocenters. The Morgan fingerprint density at radius 2 is 2.20 bits per heavy atom. The molecule has 1 amide bonds. The van der Waals surface area contributed by atoms with E-state index >= 15 is 0 Å². The molecule has 15 heavy (non-hydrogen) atoms. The van der Waals surface area contributed by atoms with Gasteiger partial charge in [0.25, 0.3) is 0 Å². The summed E-state index contributed by atoms with van der Waals surface area (Å²) in [7, 11) is 0. The highest BCUT2D eigenvalue weighted by molar-refractivity contribution is 6.27.